The highest BCUT2D eigenvalue weighted by Gasteiger charge is 2.33. The number of aromatic hydroxyl groups is 1. The number of hydrogen-bond acceptors (Lipinski definition) is 2. The van der Waals surface area contributed by atoms with Gasteiger partial charge in [0.05, 0.1) is 5.56 Å². The van der Waals surface area contributed by atoms with Crippen LogP contribution in [0.3, 0.4) is 0 Å². The summed E-state index contributed by atoms with van der Waals surface area (Å²) in [7, 11) is 0. The van der Waals surface area contributed by atoms with E-state index in [0.717, 1.165) is 16.5 Å². The van der Waals surface area contributed by atoms with Gasteiger partial charge in [-0.15, -0.1) is 0 Å². The van der Waals surface area contributed by atoms with Gasteiger partial charge in [0, 0.05) is 10.9 Å². The fourth-order valence-corrected chi connectivity index (χ4v) is 2.63. The highest BCUT2D eigenvalue weighted by Crippen LogP contribution is 2.41. The summed E-state index contributed by atoms with van der Waals surface area (Å²) in [5, 5.41) is 9.68. The minimum Gasteiger partial charge on any atom is -0.507 e. The molecular formula is C12H13BrO2. The number of benzene rings is 1. The number of fused-ring (bicyclic) bond motifs is 1. The number of phenols is 1. The number of ketones is 1. The van der Waals surface area contributed by atoms with Crippen LogP contribution in [0.2, 0.25) is 0 Å². The van der Waals surface area contributed by atoms with Gasteiger partial charge in [-0.2, -0.15) is 0 Å². The molecular weight excluding hydrogens is 256 g/mol. The molecule has 0 saturated carbocycles. The van der Waals surface area contributed by atoms with Crippen molar-refractivity contribution in [3.63, 3.8) is 0 Å². The summed E-state index contributed by atoms with van der Waals surface area (Å²) in [5.74, 6) is 0.147. The van der Waals surface area contributed by atoms with Crippen molar-refractivity contribution >= 4 is 21.7 Å². The largest absolute Gasteiger partial charge is 0.507 e. The van der Waals surface area contributed by atoms with E-state index in [-0.39, 0.29) is 16.9 Å². The first-order valence-electron chi connectivity index (χ1n) is 4.94. The number of carbonyl (C=O) groups is 1. The number of Topliss-reactive ketones (excluding diaryl/α,β-unsaturated/α-hetero) is 1. The Kier molecular flexibility index (Phi) is 2.38. The van der Waals surface area contributed by atoms with E-state index in [2.05, 4.69) is 29.8 Å². The van der Waals surface area contributed by atoms with Gasteiger partial charge in [0.25, 0.3) is 0 Å². The molecule has 0 radical (unpaired) electrons. The summed E-state index contributed by atoms with van der Waals surface area (Å²) in [4.78, 5) is 11.9. The molecule has 80 valence electrons. The summed E-state index contributed by atoms with van der Waals surface area (Å²) in [6.45, 7) is 4.15. The van der Waals surface area contributed by atoms with Gasteiger partial charge in [-0.3, -0.25) is 4.79 Å². The fraction of sp³-hybridized carbons (Fsp3) is 0.417. The van der Waals surface area contributed by atoms with Crippen LogP contribution >= 0.6 is 15.9 Å². The van der Waals surface area contributed by atoms with Crippen LogP contribution in [-0.2, 0) is 6.42 Å². The molecule has 2 nitrogen and oxygen atoms in total. The molecule has 1 aliphatic carbocycles. The van der Waals surface area contributed by atoms with Gasteiger partial charge in [-0.05, 0) is 29.5 Å². The maximum Gasteiger partial charge on any atom is 0.167 e. The average Bonchev–Trinajstić information content (AvgIpc) is 2.09. The van der Waals surface area contributed by atoms with Gasteiger partial charge >= 0.3 is 0 Å². The predicted octanol–water partition coefficient (Wildman–Crippen LogP) is 3.31. The summed E-state index contributed by atoms with van der Waals surface area (Å²) >= 11 is 3.43. The molecule has 1 aromatic carbocycles. The second kappa shape index (κ2) is 3.34. The summed E-state index contributed by atoms with van der Waals surface area (Å²) < 4.78 is 0.913. The Labute approximate surface area is 97.4 Å². The smallest absolute Gasteiger partial charge is 0.167 e. The van der Waals surface area contributed by atoms with Gasteiger partial charge < -0.3 is 5.11 Å². The summed E-state index contributed by atoms with van der Waals surface area (Å²) in [6.07, 6.45) is 1.33. The standard InChI is InChI=1S/C12H13BrO2/c1-12(2)5-7-8(13)3-4-9(14)11(7)10(15)6-12/h3-4,14H,5-6H2,1-2H3. The van der Waals surface area contributed by atoms with Crippen LogP contribution in [0.15, 0.2) is 16.6 Å². The van der Waals surface area contributed by atoms with Gasteiger partial charge in [-0.25, -0.2) is 0 Å². The van der Waals surface area contributed by atoms with E-state index in [9.17, 15) is 9.90 Å². The van der Waals surface area contributed by atoms with Crippen LogP contribution in [0.25, 0.3) is 0 Å². The van der Waals surface area contributed by atoms with Gasteiger partial charge in [0.1, 0.15) is 5.75 Å². The van der Waals surface area contributed by atoms with Crippen LogP contribution in [0, 0.1) is 5.41 Å². The first-order valence-corrected chi connectivity index (χ1v) is 5.73. The van der Waals surface area contributed by atoms with E-state index in [1.165, 1.54) is 0 Å². The second-order valence-corrected chi connectivity index (χ2v) is 5.72. The third-order valence-corrected chi connectivity index (χ3v) is 3.55. The van der Waals surface area contributed by atoms with Gasteiger partial charge in [0.15, 0.2) is 5.78 Å². The Balaban J connectivity index is 2.64. The zero-order valence-electron chi connectivity index (χ0n) is 8.80. The van der Waals surface area contributed by atoms with Gasteiger partial charge in [0.2, 0.25) is 0 Å². The SMILES string of the molecule is CC1(C)CC(=O)c2c(O)ccc(Br)c2C1. The van der Waals surface area contributed by atoms with Crippen LogP contribution in [0.1, 0.15) is 36.2 Å². The Morgan fingerprint density at radius 1 is 1.33 bits per heavy atom. The molecule has 0 atom stereocenters. The Morgan fingerprint density at radius 2 is 2.00 bits per heavy atom. The monoisotopic (exact) mass is 268 g/mol. The number of carbonyl (C=O) groups excluding carboxylic acids is 1. The highest BCUT2D eigenvalue weighted by atomic mass is 79.9. The lowest BCUT2D eigenvalue weighted by molar-refractivity contribution is 0.0909. The number of hydrogen-bond donors (Lipinski definition) is 1. The lowest BCUT2D eigenvalue weighted by Gasteiger charge is -2.31. The van der Waals surface area contributed by atoms with Crippen molar-refractivity contribution < 1.29 is 9.90 Å². The maximum atomic E-state index is 11.9. The van der Waals surface area contributed by atoms with E-state index in [4.69, 9.17) is 0 Å². The maximum absolute atomic E-state index is 11.9. The third kappa shape index (κ3) is 1.81. The van der Waals surface area contributed by atoms with Crippen molar-refractivity contribution in [1.29, 1.82) is 0 Å². The zero-order valence-corrected chi connectivity index (χ0v) is 10.4. The van der Waals surface area contributed by atoms with E-state index in [1.54, 1.807) is 12.1 Å². The molecule has 2 rings (SSSR count). The Bertz CT molecular complexity index is 435. The number of rotatable bonds is 0. The molecule has 0 saturated heterocycles. The average molecular weight is 269 g/mol. The molecule has 0 heterocycles. The van der Waals surface area contributed by atoms with Crippen molar-refractivity contribution in [1.82, 2.24) is 0 Å². The van der Waals surface area contributed by atoms with Crippen molar-refractivity contribution in [3.8, 4) is 5.75 Å². The van der Waals surface area contributed by atoms with E-state index in [0.29, 0.717) is 12.0 Å². The quantitative estimate of drug-likeness (QED) is 0.784. The lowest BCUT2D eigenvalue weighted by atomic mass is 9.73. The first kappa shape index (κ1) is 10.7. The second-order valence-electron chi connectivity index (χ2n) is 4.86. The van der Waals surface area contributed by atoms with Crippen LogP contribution in [-0.4, -0.2) is 10.9 Å². The molecule has 0 spiro atoms. The molecule has 0 amide bonds. The molecule has 0 aromatic heterocycles. The van der Waals surface area contributed by atoms with Crippen molar-refractivity contribution in [2.24, 2.45) is 5.41 Å². The van der Waals surface area contributed by atoms with E-state index >= 15 is 0 Å². The van der Waals surface area contributed by atoms with Crippen molar-refractivity contribution in [2.45, 2.75) is 26.7 Å². The molecule has 1 N–H and O–H groups in total. The molecule has 0 fully saturated rings. The lowest BCUT2D eigenvalue weighted by Crippen LogP contribution is -2.27. The van der Waals surface area contributed by atoms with Crippen LogP contribution in [0.5, 0.6) is 5.75 Å². The zero-order chi connectivity index (χ0) is 11.2. The normalized spacial score (nSPS) is 18.7. The molecule has 0 aliphatic heterocycles. The highest BCUT2D eigenvalue weighted by molar-refractivity contribution is 9.10. The third-order valence-electron chi connectivity index (χ3n) is 2.81. The molecule has 3 heteroatoms. The first-order chi connectivity index (χ1) is 6.91. The summed E-state index contributed by atoms with van der Waals surface area (Å²) in [6, 6.07) is 3.36. The number of phenolic OH excluding ortho intramolecular Hbond substituents is 1. The fourth-order valence-electron chi connectivity index (χ4n) is 2.16. The van der Waals surface area contributed by atoms with Gasteiger partial charge in [-0.1, -0.05) is 29.8 Å². The van der Waals surface area contributed by atoms with Crippen LogP contribution in [0.4, 0.5) is 0 Å². The molecule has 0 unspecified atom stereocenters. The molecule has 1 aliphatic rings. The van der Waals surface area contributed by atoms with E-state index in [1.807, 2.05) is 0 Å². The summed E-state index contributed by atoms with van der Waals surface area (Å²) in [5.41, 5.74) is 1.43. The molecule has 1 aromatic rings. The predicted molar refractivity (Wildman–Crippen MR) is 62.2 cm³/mol. The van der Waals surface area contributed by atoms with Crippen molar-refractivity contribution in [3.05, 3.63) is 27.7 Å². The van der Waals surface area contributed by atoms with Crippen LogP contribution < -0.4 is 0 Å². The Morgan fingerprint density at radius 3 is 2.67 bits per heavy atom. The van der Waals surface area contributed by atoms with E-state index < -0.39 is 0 Å². The Hall–Kier alpha value is -0.830. The topological polar surface area (TPSA) is 37.3 Å². The number of halogens is 1. The molecule has 15 heavy (non-hydrogen) atoms. The molecule has 0 bridgehead atoms. The minimum atomic E-state index is -0.0135. The van der Waals surface area contributed by atoms with Crippen molar-refractivity contribution in [2.75, 3.05) is 0 Å². The minimum absolute atomic E-state index is 0.0135.